The Morgan fingerprint density at radius 3 is 2.62 bits per heavy atom. The average Bonchev–Trinajstić information content (AvgIpc) is 2.64. The molecule has 2 aromatic heterocycles. The molecule has 0 saturated heterocycles. The molecule has 7 nitrogen and oxygen atoms in total. The van der Waals surface area contributed by atoms with Crippen LogP contribution in [0.25, 0.3) is 11.3 Å². The first kappa shape index (κ1) is 17.2. The third-order valence-corrected chi connectivity index (χ3v) is 3.31. The van der Waals surface area contributed by atoms with Gasteiger partial charge < -0.3 is 15.7 Å². The van der Waals surface area contributed by atoms with Crippen molar-refractivity contribution in [2.24, 2.45) is 0 Å². The number of pyridine rings is 1. The highest BCUT2D eigenvalue weighted by Gasteiger charge is 2.12. The Kier molecular flexibility index (Phi) is 4.97. The molecule has 132 valence electrons. The van der Waals surface area contributed by atoms with Gasteiger partial charge in [-0.15, -0.1) is 0 Å². The number of halogens is 2. The maximum atomic E-state index is 13.9. The largest absolute Gasteiger partial charge is 0.480 e. The number of aliphatic carboxylic acids is 1. The van der Waals surface area contributed by atoms with E-state index in [1.54, 1.807) is 24.5 Å². The summed E-state index contributed by atoms with van der Waals surface area (Å²) >= 11 is 0. The molecular formula is C17H13F2N5O2. The predicted octanol–water partition coefficient (Wildman–Crippen LogP) is 3.06. The molecular weight excluding hydrogens is 344 g/mol. The first-order valence-corrected chi connectivity index (χ1v) is 7.49. The molecule has 1 aromatic carbocycles. The lowest BCUT2D eigenvalue weighted by molar-refractivity contribution is -0.134. The zero-order valence-electron chi connectivity index (χ0n) is 13.3. The van der Waals surface area contributed by atoms with Gasteiger partial charge in [-0.1, -0.05) is 6.07 Å². The van der Waals surface area contributed by atoms with Crippen molar-refractivity contribution in [2.45, 2.75) is 0 Å². The Hall–Kier alpha value is -3.62. The van der Waals surface area contributed by atoms with Gasteiger partial charge in [0.25, 0.3) is 0 Å². The van der Waals surface area contributed by atoms with E-state index in [0.717, 1.165) is 6.07 Å². The smallest absolute Gasteiger partial charge is 0.322 e. The van der Waals surface area contributed by atoms with Crippen molar-refractivity contribution in [1.82, 2.24) is 15.0 Å². The van der Waals surface area contributed by atoms with Gasteiger partial charge in [0, 0.05) is 24.0 Å². The Balaban J connectivity index is 1.99. The van der Waals surface area contributed by atoms with Gasteiger partial charge in [-0.2, -0.15) is 4.98 Å². The lowest BCUT2D eigenvalue weighted by Crippen LogP contribution is -2.15. The summed E-state index contributed by atoms with van der Waals surface area (Å²) in [5.41, 5.74) is 1.05. The van der Waals surface area contributed by atoms with Crippen molar-refractivity contribution in [1.29, 1.82) is 0 Å². The minimum atomic E-state index is -1.09. The number of carboxylic acids is 1. The SMILES string of the molecule is O=C(O)CNc1nc(Nc2cccc(F)c2F)cc(-c2ccncc2)n1. The molecule has 0 saturated carbocycles. The van der Waals surface area contributed by atoms with E-state index in [4.69, 9.17) is 5.11 Å². The number of carbonyl (C=O) groups is 1. The molecule has 0 fully saturated rings. The molecule has 9 heteroatoms. The van der Waals surface area contributed by atoms with Gasteiger partial charge in [0.2, 0.25) is 5.95 Å². The Morgan fingerprint density at radius 1 is 1.12 bits per heavy atom. The first-order valence-electron chi connectivity index (χ1n) is 7.49. The number of rotatable bonds is 6. The van der Waals surface area contributed by atoms with Crippen molar-refractivity contribution in [3.05, 3.63) is 60.4 Å². The molecule has 0 radical (unpaired) electrons. The van der Waals surface area contributed by atoms with Crippen LogP contribution in [0.3, 0.4) is 0 Å². The van der Waals surface area contributed by atoms with E-state index in [1.807, 2.05) is 0 Å². The summed E-state index contributed by atoms with van der Waals surface area (Å²) < 4.78 is 27.3. The van der Waals surface area contributed by atoms with E-state index < -0.39 is 24.1 Å². The van der Waals surface area contributed by atoms with Crippen molar-refractivity contribution in [2.75, 3.05) is 17.2 Å². The van der Waals surface area contributed by atoms with Crippen LogP contribution in [0.5, 0.6) is 0 Å². The van der Waals surface area contributed by atoms with Crippen LogP contribution < -0.4 is 10.6 Å². The Morgan fingerprint density at radius 2 is 1.88 bits per heavy atom. The van der Waals surface area contributed by atoms with E-state index in [2.05, 4.69) is 25.6 Å². The van der Waals surface area contributed by atoms with E-state index >= 15 is 0 Å². The van der Waals surface area contributed by atoms with Gasteiger partial charge >= 0.3 is 5.97 Å². The second kappa shape index (κ2) is 7.51. The topological polar surface area (TPSA) is 100 Å². The minimum Gasteiger partial charge on any atom is -0.480 e. The highest BCUT2D eigenvalue weighted by Crippen LogP contribution is 2.25. The number of benzene rings is 1. The van der Waals surface area contributed by atoms with Gasteiger partial charge in [-0.05, 0) is 24.3 Å². The quantitative estimate of drug-likeness (QED) is 0.623. The maximum absolute atomic E-state index is 13.9. The van der Waals surface area contributed by atoms with Crippen LogP contribution in [-0.2, 0) is 4.79 Å². The molecule has 0 unspecified atom stereocenters. The van der Waals surface area contributed by atoms with Crippen LogP contribution in [0.2, 0.25) is 0 Å². The third kappa shape index (κ3) is 4.07. The van der Waals surface area contributed by atoms with Crippen molar-refractivity contribution in [3.63, 3.8) is 0 Å². The van der Waals surface area contributed by atoms with Gasteiger partial charge in [-0.3, -0.25) is 9.78 Å². The van der Waals surface area contributed by atoms with Crippen LogP contribution in [-0.4, -0.2) is 32.6 Å². The number of nitrogens with zero attached hydrogens (tertiary/aromatic N) is 3. The number of nitrogens with one attached hydrogen (secondary N) is 2. The molecule has 0 aliphatic rings. The fraction of sp³-hybridized carbons (Fsp3) is 0.0588. The van der Waals surface area contributed by atoms with E-state index in [-0.39, 0.29) is 17.5 Å². The maximum Gasteiger partial charge on any atom is 0.322 e. The van der Waals surface area contributed by atoms with Crippen LogP contribution in [0.4, 0.5) is 26.2 Å². The Bertz CT molecular complexity index is 938. The Labute approximate surface area is 146 Å². The van der Waals surface area contributed by atoms with Gasteiger partial charge in [0.15, 0.2) is 11.6 Å². The number of hydrogen-bond donors (Lipinski definition) is 3. The zero-order chi connectivity index (χ0) is 18.5. The summed E-state index contributed by atoms with van der Waals surface area (Å²) in [6.07, 6.45) is 3.14. The monoisotopic (exact) mass is 357 g/mol. The predicted molar refractivity (Wildman–Crippen MR) is 91.0 cm³/mol. The van der Waals surface area contributed by atoms with Crippen molar-refractivity contribution in [3.8, 4) is 11.3 Å². The molecule has 0 bridgehead atoms. The third-order valence-electron chi connectivity index (χ3n) is 3.31. The van der Waals surface area contributed by atoms with Gasteiger partial charge in [0.05, 0.1) is 11.4 Å². The number of aromatic nitrogens is 3. The molecule has 3 aromatic rings. The number of carboxylic acid groups (broad SMARTS) is 1. The van der Waals surface area contributed by atoms with Crippen LogP contribution in [0, 0.1) is 11.6 Å². The first-order chi connectivity index (χ1) is 12.5. The molecule has 3 N–H and O–H groups in total. The molecule has 0 aliphatic carbocycles. The molecule has 0 amide bonds. The molecule has 26 heavy (non-hydrogen) atoms. The lowest BCUT2D eigenvalue weighted by Gasteiger charge is -2.11. The van der Waals surface area contributed by atoms with Crippen LogP contribution in [0.15, 0.2) is 48.8 Å². The fourth-order valence-corrected chi connectivity index (χ4v) is 2.15. The summed E-state index contributed by atoms with van der Waals surface area (Å²) in [4.78, 5) is 23.0. The summed E-state index contributed by atoms with van der Waals surface area (Å²) in [5, 5.41) is 14.0. The van der Waals surface area contributed by atoms with Crippen molar-refractivity contribution < 1.29 is 18.7 Å². The van der Waals surface area contributed by atoms with E-state index in [9.17, 15) is 13.6 Å². The molecule has 3 rings (SSSR count). The summed E-state index contributed by atoms with van der Waals surface area (Å²) in [5.74, 6) is -2.93. The molecule has 0 aliphatic heterocycles. The van der Waals surface area contributed by atoms with Crippen LogP contribution >= 0.6 is 0 Å². The molecule has 0 atom stereocenters. The lowest BCUT2D eigenvalue weighted by atomic mass is 10.2. The molecule has 2 heterocycles. The van der Waals surface area contributed by atoms with E-state index in [0.29, 0.717) is 11.3 Å². The second-order valence-electron chi connectivity index (χ2n) is 5.17. The number of hydrogen-bond acceptors (Lipinski definition) is 6. The average molecular weight is 357 g/mol. The summed E-state index contributed by atoms with van der Waals surface area (Å²) in [6, 6.07) is 8.66. The number of anilines is 3. The zero-order valence-corrected chi connectivity index (χ0v) is 13.3. The fourth-order valence-electron chi connectivity index (χ4n) is 2.15. The molecule has 0 spiro atoms. The summed E-state index contributed by atoms with van der Waals surface area (Å²) in [7, 11) is 0. The second-order valence-corrected chi connectivity index (χ2v) is 5.17. The minimum absolute atomic E-state index is 0.0287. The van der Waals surface area contributed by atoms with Crippen molar-refractivity contribution >= 4 is 23.4 Å². The normalized spacial score (nSPS) is 10.4. The highest BCUT2D eigenvalue weighted by atomic mass is 19.2. The van der Waals surface area contributed by atoms with E-state index in [1.165, 1.54) is 18.2 Å². The van der Waals surface area contributed by atoms with Gasteiger partial charge in [-0.25, -0.2) is 13.8 Å². The standard InChI is InChI=1S/C17H13F2N5O2/c18-11-2-1-3-12(16(11)19)22-14-8-13(10-4-6-20-7-5-10)23-17(24-14)21-9-15(25)26/h1-8H,9H2,(H,25,26)(H2,21,22,23,24). The van der Waals surface area contributed by atoms with Gasteiger partial charge in [0.1, 0.15) is 12.4 Å². The highest BCUT2D eigenvalue weighted by molar-refractivity contribution is 5.73. The van der Waals surface area contributed by atoms with Crippen LogP contribution in [0.1, 0.15) is 0 Å². The summed E-state index contributed by atoms with van der Waals surface area (Å²) in [6.45, 7) is -0.395.